The molecule has 0 saturated carbocycles. The van der Waals surface area contributed by atoms with Crippen LogP contribution in [-0.2, 0) is 0 Å². The highest BCUT2D eigenvalue weighted by Crippen LogP contribution is 2.22. The van der Waals surface area contributed by atoms with Gasteiger partial charge in [0.25, 0.3) is 0 Å². The number of hydrogen-bond donors (Lipinski definition) is 1. The van der Waals surface area contributed by atoms with Gasteiger partial charge in [-0.2, -0.15) is 0 Å². The lowest BCUT2D eigenvalue weighted by molar-refractivity contribution is 0.215. The maximum atomic E-state index is 3.56. The van der Waals surface area contributed by atoms with E-state index in [4.69, 9.17) is 0 Å². The largest absolute Gasteiger partial charge is 0.316 e. The van der Waals surface area contributed by atoms with Gasteiger partial charge in [0.1, 0.15) is 0 Å². The summed E-state index contributed by atoms with van der Waals surface area (Å²) in [6.07, 6.45) is 5.33. The van der Waals surface area contributed by atoms with Gasteiger partial charge in [-0.25, -0.2) is 0 Å². The Morgan fingerprint density at radius 1 is 1.29 bits per heavy atom. The highest BCUT2D eigenvalue weighted by Gasteiger charge is 2.26. The molecule has 1 rings (SSSR count). The number of rotatable bonds is 8. The highest BCUT2D eigenvalue weighted by molar-refractivity contribution is 4.81. The van der Waals surface area contributed by atoms with Gasteiger partial charge >= 0.3 is 0 Å². The zero-order valence-corrected chi connectivity index (χ0v) is 12.3. The van der Waals surface area contributed by atoms with Gasteiger partial charge in [-0.15, -0.1) is 0 Å². The van der Waals surface area contributed by atoms with Gasteiger partial charge in [-0.3, -0.25) is 0 Å². The van der Waals surface area contributed by atoms with Crippen molar-refractivity contribution in [1.82, 2.24) is 10.2 Å². The third kappa shape index (κ3) is 5.39. The standard InChI is InChI=1S/C15H32N2/c1-5-8-16-11-15-7-9-17(12-15)14(4)10-13(3)6-2/h13-16H,5-12H2,1-4H3. The summed E-state index contributed by atoms with van der Waals surface area (Å²) in [4.78, 5) is 2.70. The number of nitrogens with zero attached hydrogens (tertiary/aromatic N) is 1. The molecule has 0 aromatic heterocycles. The first-order valence-corrected chi connectivity index (χ1v) is 7.62. The summed E-state index contributed by atoms with van der Waals surface area (Å²) in [5.74, 6) is 1.77. The van der Waals surface area contributed by atoms with Crippen molar-refractivity contribution in [2.24, 2.45) is 11.8 Å². The molecule has 0 bridgehead atoms. The molecule has 3 atom stereocenters. The van der Waals surface area contributed by atoms with Gasteiger partial charge < -0.3 is 10.2 Å². The van der Waals surface area contributed by atoms with Crippen LogP contribution in [0.2, 0.25) is 0 Å². The molecule has 0 aromatic carbocycles. The van der Waals surface area contributed by atoms with E-state index in [-0.39, 0.29) is 0 Å². The Balaban J connectivity index is 2.19. The SMILES string of the molecule is CCCNCC1CCN(C(C)CC(C)CC)C1. The van der Waals surface area contributed by atoms with Crippen LogP contribution in [0.4, 0.5) is 0 Å². The number of nitrogens with one attached hydrogen (secondary N) is 1. The van der Waals surface area contributed by atoms with E-state index in [9.17, 15) is 0 Å². The molecule has 17 heavy (non-hydrogen) atoms. The average molecular weight is 240 g/mol. The fourth-order valence-corrected chi connectivity index (χ4v) is 2.81. The molecule has 1 heterocycles. The summed E-state index contributed by atoms with van der Waals surface area (Å²) < 4.78 is 0. The molecule has 3 unspecified atom stereocenters. The topological polar surface area (TPSA) is 15.3 Å². The lowest BCUT2D eigenvalue weighted by Gasteiger charge is -2.26. The third-order valence-corrected chi connectivity index (χ3v) is 4.24. The normalized spacial score (nSPS) is 25.1. The van der Waals surface area contributed by atoms with E-state index in [0.29, 0.717) is 0 Å². The lowest BCUT2D eigenvalue weighted by atomic mass is 9.99. The summed E-state index contributed by atoms with van der Waals surface area (Å²) >= 11 is 0. The highest BCUT2D eigenvalue weighted by atomic mass is 15.2. The van der Waals surface area contributed by atoms with Gasteiger partial charge in [0.2, 0.25) is 0 Å². The van der Waals surface area contributed by atoms with E-state index < -0.39 is 0 Å². The second-order valence-corrected chi connectivity index (χ2v) is 5.95. The van der Waals surface area contributed by atoms with Crippen LogP contribution in [0.3, 0.4) is 0 Å². The van der Waals surface area contributed by atoms with Crippen LogP contribution in [0.5, 0.6) is 0 Å². The van der Waals surface area contributed by atoms with Crippen molar-refractivity contribution in [2.45, 2.75) is 59.4 Å². The molecule has 0 aromatic rings. The van der Waals surface area contributed by atoms with E-state index in [1.54, 1.807) is 0 Å². The van der Waals surface area contributed by atoms with Crippen LogP contribution >= 0.6 is 0 Å². The first-order chi connectivity index (χ1) is 8.17. The summed E-state index contributed by atoms with van der Waals surface area (Å²) in [5.41, 5.74) is 0. The predicted octanol–water partition coefficient (Wildman–Crippen LogP) is 3.13. The van der Waals surface area contributed by atoms with Crippen molar-refractivity contribution >= 4 is 0 Å². The van der Waals surface area contributed by atoms with Gasteiger partial charge in [0.15, 0.2) is 0 Å². The van der Waals surface area contributed by atoms with Crippen LogP contribution in [0.1, 0.15) is 53.4 Å². The first kappa shape index (κ1) is 15.0. The maximum absolute atomic E-state index is 3.56. The van der Waals surface area contributed by atoms with Crippen LogP contribution in [-0.4, -0.2) is 37.1 Å². The zero-order valence-electron chi connectivity index (χ0n) is 12.3. The van der Waals surface area contributed by atoms with E-state index in [2.05, 4.69) is 37.9 Å². The van der Waals surface area contributed by atoms with Gasteiger partial charge in [-0.1, -0.05) is 27.2 Å². The van der Waals surface area contributed by atoms with Crippen LogP contribution in [0.15, 0.2) is 0 Å². The fraction of sp³-hybridized carbons (Fsp3) is 1.00. The molecule has 1 aliphatic heterocycles. The molecule has 1 saturated heterocycles. The van der Waals surface area contributed by atoms with Crippen LogP contribution < -0.4 is 5.32 Å². The Hall–Kier alpha value is -0.0800. The second-order valence-electron chi connectivity index (χ2n) is 5.95. The van der Waals surface area contributed by atoms with Gasteiger partial charge in [0, 0.05) is 12.6 Å². The number of hydrogen-bond acceptors (Lipinski definition) is 2. The predicted molar refractivity (Wildman–Crippen MR) is 76.4 cm³/mol. The van der Waals surface area contributed by atoms with Crippen molar-refractivity contribution in [3.8, 4) is 0 Å². The monoisotopic (exact) mass is 240 g/mol. The van der Waals surface area contributed by atoms with Crippen molar-refractivity contribution < 1.29 is 0 Å². The maximum Gasteiger partial charge on any atom is 0.00695 e. The molecule has 1 aliphatic rings. The van der Waals surface area contributed by atoms with E-state index >= 15 is 0 Å². The molecule has 1 N–H and O–H groups in total. The van der Waals surface area contributed by atoms with Crippen molar-refractivity contribution in [2.75, 3.05) is 26.2 Å². The van der Waals surface area contributed by atoms with E-state index in [1.165, 1.54) is 51.9 Å². The fourth-order valence-electron chi connectivity index (χ4n) is 2.81. The zero-order chi connectivity index (χ0) is 12.7. The summed E-state index contributed by atoms with van der Waals surface area (Å²) in [7, 11) is 0. The molecule has 2 nitrogen and oxygen atoms in total. The molecule has 0 aliphatic carbocycles. The summed E-state index contributed by atoms with van der Waals surface area (Å²) in [6.45, 7) is 14.4. The average Bonchev–Trinajstić information content (AvgIpc) is 2.78. The van der Waals surface area contributed by atoms with Gasteiger partial charge in [-0.05, 0) is 57.7 Å². The molecule has 0 spiro atoms. The molecule has 0 radical (unpaired) electrons. The second kappa shape index (κ2) is 8.10. The van der Waals surface area contributed by atoms with E-state index in [1.807, 2.05) is 0 Å². The van der Waals surface area contributed by atoms with Crippen LogP contribution in [0, 0.1) is 11.8 Å². The minimum Gasteiger partial charge on any atom is -0.316 e. The molecule has 0 amide bonds. The third-order valence-electron chi connectivity index (χ3n) is 4.24. The minimum atomic E-state index is 0.779. The van der Waals surface area contributed by atoms with Crippen molar-refractivity contribution in [3.05, 3.63) is 0 Å². The minimum absolute atomic E-state index is 0.779. The van der Waals surface area contributed by atoms with E-state index in [0.717, 1.165) is 17.9 Å². The Labute approximate surface area is 108 Å². The first-order valence-electron chi connectivity index (χ1n) is 7.62. The summed E-state index contributed by atoms with van der Waals surface area (Å²) in [6, 6.07) is 0.779. The Morgan fingerprint density at radius 2 is 2.06 bits per heavy atom. The molecule has 1 fully saturated rings. The lowest BCUT2D eigenvalue weighted by Crippen LogP contribution is -2.33. The number of likely N-dealkylation sites (tertiary alicyclic amines) is 1. The quantitative estimate of drug-likeness (QED) is 0.656. The Kier molecular flexibility index (Phi) is 7.14. The molecule has 102 valence electrons. The van der Waals surface area contributed by atoms with Crippen LogP contribution in [0.25, 0.3) is 0 Å². The Morgan fingerprint density at radius 3 is 2.71 bits per heavy atom. The van der Waals surface area contributed by atoms with Crippen molar-refractivity contribution in [3.63, 3.8) is 0 Å². The van der Waals surface area contributed by atoms with Gasteiger partial charge in [0.05, 0.1) is 0 Å². The Bertz CT molecular complexity index is 193. The smallest absolute Gasteiger partial charge is 0.00695 e. The molecular weight excluding hydrogens is 208 g/mol. The molecule has 2 heteroatoms. The summed E-state index contributed by atoms with van der Waals surface area (Å²) in [5, 5.41) is 3.56. The molecular formula is C15H32N2. The van der Waals surface area contributed by atoms with Crippen molar-refractivity contribution in [1.29, 1.82) is 0 Å².